The van der Waals surface area contributed by atoms with Crippen molar-refractivity contribution in [3.8, 4) is 0 Å². The second kappa shape index (κ2) is 9.82. The Hall–Kier alpha value is -2.10. The Kier molecular flexibility index (Phi) is 7.37. The molecule has 0 aliphatic heterocycles. The molecule has 0 heterocycles. The summed E-state index contributed by atoms with van der Waals surface area (Å²) in [5.74, 6) is -0.0578. The molecule has 2 rings (SSSR count). The van der Waals surface area contributed by atoms with Gasteiger partial charge in [-0.3, -0.25) is 0 Å². The van der Waals surface area contributed by atoms with Crippen molar-refractivity contribution in [2.75, 3.05) is 13.1 Å². The van der Waals surface area contributed by atoms with E-state index in [1.54, 1.807) is 24.3 Å². The molecule has 0 aromatic heterocycles. The van der Waals surface area contributed by atoms with Crippen LogP contribution in [0.4, 0.5) is 0 Å². The van der Waals surface area contributed by atoms with Crippen LogP contribution in [0.3, 0.4) is 0 Å². The van der Waals surface area contributed by atoms with Crippen LogP contribution in [0.25, 0.3) is 0 Å². The maximum atomic E-state index is 11.8. The van der Waals surface area contributed by atoms with Gasteiger partial charge in [0.1, 0.15) is 0 Å². The zero-order valence-electron chi connectivity index (χ0n) is 12.8. The SMILES string of the molecule is O=C(NCC[Se]CCNC(=O)c1ccccc1)c1ccccc1. The van der Waals surface area contributed by atoms with E-state index in [2.05, 4.69) is 10.6 Å². The van der Waals surface area contributed by atoms with Crippen LogP contribution in [0, 0.1) is 0 Å². The van der Waals surface area contributed by atoms with Gasteiger partial charge in [0.15, 0.2) is 0 Å². The van der Waals surface area contributed by atoms with E-state index in [1.165, 1.54) is 0 Å². The summed E-state index contributed by atoms with van der Waals surface area (Å²) in [4.78, 5) is 23.6. The van der Waals surface area contributed by atoms with Crippen molar-refractivity contribution in [1.82, 2.24) is 10.6 Å². The third-order valence-corrected chi connectivity index (χ3v) is 5.20. The zero-order chi connectivity index (χ0) is 16.3. The Bertz CT molecular complexity index is 562. The zero-order valence-corrected chi connectivity index (χ0v) is 14.5. The van der Waals surface area contributed by atoms with Crippen molar-refractivity contribution in [1.29, 1.82) is 0 Å². The molecule has 0 unspecified atom stereocenters. The van der Waals surface area contributed by atoms with Crippen molar-refractivity contribution in [3.05, 3.63) is 71.8 Å². The van der Waals surface area contributed by atoms with Crippen LogP contribution in [-0.4, -0.2) is 39.9 Å². The van der Waals surface area contributed by atoms with Gasteiger partial charge in [-0.05, 0) is 0 Å². The van der Waals surface area contributed by atoms with Crippen molar-refractivity contribution >= 4 is 26.8 Å². The summed E-state index contributed by atoms with van der Waals surface area (Å²) in [7, 11) is 0. The molecular weight excluding hydrogens is 355 g/mol. The van der Waals surface area contributed by atoms with E-state index in [0.29, 0.717) is 39.2 Å². The summed E-state index contributed by atoms with van der Waals surface area (Å²) in [6, 6.07) is 18.4. The first-order valence-electron chi connectivity index (χ1n) is 7.51. The number of carbonyl (C=O) groups is 2. The predicted molar refractivity (Wildman–Crippen MR) is 92.9 cm³/mol. The molecule has 0 fully saturated rings. The number of amides is 2. The van der Waals surface area contributed by atoms with Gasteiger partial charge in [-0.2, -0.15) is 0 Å². The average Bonchev–Trinajstić information content (AvgIpc) is 2.62. The van der Waals surface area contributed by atoms with Gasteiger partial charge >= 0.3 is 143 Å². The van der Waals surface area contributed by atoms with Crippen LogP contribution < -0.4 is 10.6 Å². The van der Waals surface area contributed by atoms with Crippen molar-refractivity contribution < 1.29 is 9.59 Å². The summed E-state index contributed by atoms with van der Waals surface area (Å²) in [5, 5.41) is 7.76. The molecule has 5 heteroatoms. The number of benzene rings is 2. The van der Waals surface area contributed by atoms with Crippen LogP contribution in [-0.2, 0) is 0 Å². The standard InChI is InChI=1S/C18H20N2O2Se/c21-17(15-7-3-1-4-8-15)19-11-13-23-14-12-20-18(22)16-9-5-2-6-10-16/h1-10H,11-14H2,(H,19,21)(H,20,22). The van der Waals surface area contributed by atoms with Gasteiger partial charge < -0.3 is 0 Å². The van der Waals surface area contributed by atoms with E-state index >= 15 is 0 Å². The first-order chi connectivity index (χ1) is 11.3. The summed E-state index contributed by atoms with van der Waals surface area (Å²) < 4.78 is 0. The minimum atomic E-state index is -0.0289. The van der Waals surface area contributed by atoms with Crippen molar-refractivity contribution in [2.24, 2.45) is 0 Å². The number of rotatable bonds is 8. The Balaban J connectivity index is 1.53. The molecule has 0 bridgehead atoms. The topological polar surface area (TPSA) is 58.2 Å². The summed E-state index contributed by atoms with van der Waals surface area (Å²) >= 11 is 0.411. The van der Waals surface area contributed by atoms with Gasteiger partial charge in [0.05, 0.1) is 0 Å². The third-order valence-electron chi connectivity index (χ3n) is 3.14. The number of carbonyl (C=O) groups excluding carboxylic acids is 2. The van der Waals surface area contributed by atoms with Crippen LogP contribution in [0.2, 0.25) is 10.6 Å². The second-order valence-electron chi connectivity index (χ2n) is 4.86. The van der Waals surface area contributed by atoms with E-state index in [4.69, 9.17) is 0 Å². The molecule has 120 valence electrons. The molecule has 4 nitrogen and oxygen atoms in total. The quantitative estimate of drug-likeness (QED) is 0.550. The third kappa shape index (κ3) is 6.27. The van der Waals surface area contributed by atoms with Gasteiger partial charge in [-0.1, -0.05) is 0 Å². The fourth-order valence-corrected chi connectivity index (χ4v) is 3.42. The molecule has 0 atom stereocenters. The van der Waals surface area contributed by atoms with E-state index in [0.717, 1.165) is 10.6 Å². The molecule has 0 saturated carbocycles. The molecule has 2 aromatic carbocycles. The molecule has 0 saturated heterocycles. The molecule has 2 aromatic rings. The summed E-state index contributed by atoms with van der Waals surface area (Å²) in [6.07, 6.45) is 0. The monoisotopic (exact) mass is 376 g/mol. The Morgan fingerprint density at radius 2 is 1.09 bits per heavy atom. The first kappa shape index (κ1) is 17.3. The van der Waals surface area contributed by atoms with Gasteiger partial charge in [0, 0.05) is 0 Å². The van der Waals surface area contributed by atoms with Gasteiger partial charge in [0.2, 0.25) is 0 Å². The van der Waals surface area contributed by atoms with Crippen LogP contribution in [0.1, 0.15) is 20.7 Å². The Labute approximate surface area is 142 Å². The van der Waals surface area contributed by atoms with Crippen LogP contribution in [0.15, 0.2) is 60.7 Å². The second-order valence-corrected chi connectivity index (χ2v) is 7.43. The van der Waals surface area contributed by atoms with Gasteiger partial charge in [-0.25, -0.2) is 0 Å². The average molecular weight is 375 g/mol. The summed E-state index contributed by atoms with van der Waals surface area (Å²) in [6.45, 7) is 1.36. The van der Waals surface area contributed by atoms with E-state index in [1.807, 2.05) is 36.4 Å². The minimum absolute atomic E-state index is 0.0289. The molecule has 2 N–H and O–H groups in total. The number of nitrogens with one attached hydrogen (secondary N) is 2. The molecule has 0 aliphatic rings. The Morgan fingerprint density at radius 1 is 0.696 bits per heavy atom. The molecule has 0 radical (unpaired) electrons. The molecule has 0 spiro atoms. The fourth-order valence-electron chi connectivity index (χ4n) is 1.96. The number of hydrogen-bond acceptors (Lipinski definition) is 2. The van der Waals surface area contributed by atoms with Crippen LogP contribution >= 0.6 is 0 Å². The predicted octanol–water partition coefficient (Wildman–Crippen LogP) is 2.39. The Morgan fingerprint density at radius 3 is 1.48 bits per heavy atom. The fraction of sp³-hybridized carbons (Fsp3) is 0.222. The van der Waals surface area contributed by atoms with Crippen molar-refractivity contribution in [2.45, 2.75) is 10.6 Å². The first-order valence-corrected chi connectivity index (χ1v) is 9.94. The van der Waals surface area contributed by atoms with Gasteiger partial charge in [-0.15, -0.1) is 0 Å². The molecule has 2 amide bonds. The van der Waals surface area contributed by atoms with Crippen LogP contribution in [0.5, 0.6) is 0 Å². The van der Waals surface area contributed by atoms with E-state index < -0.39 is 0 Å². The van der Waals surface area contributed by atoms with E-state index in [9.17, 15) is 9.59 Å². The normalized spacial score (nSPS) is 10.1. The number of hydrogen-bond donors (Lipinski definition) is 2. The van der Waals surface area contributed by atoms with Gasteiger partial charge in [0.25, 0.3) is 0 Å². The molecule has 0 aliphatic carbocycles. The van der Waals surface area contributed by atoms with Crippen molar-refractivity contribution in [3.63, 3.8) is 0 Å². The van der Waals surface area contributed by atoms with E-state index in [-0.39, 0.29) is 11.8 Å². The molecular formula is C18H20N2O2Se. The maximum absolute atomic E-state index is 11.8. The summed E-state index contributed by atoms with van der Waals surface area (Å²) in [5.41, 5.74) is 1.38. The molecule has 23 heavy (non-hydrogen) atoms.